The third-order valence-electron chi connectivity index (χ3n) is 2.27. The van der Waals surface area contributed by atoms with Crippen molar-refractivity contribution in [1.82, 2.24) is 0 Å². The maximum atomic E-state index is 3.84. The van der Waals surface area contributed by atoms with E-state index in [0.717, 1.165) is 5.75 Å². The highest BCUT2D eigenvalue weighted by Crippen LogP contribution is 2.44. The van der Waals surface area contributed by atoms with Crippen LogP contribution in [0.5, 0.6) is 0 Å². The van der Waals surface area contributed by atoms with Gasteiger partial charge >= 0.3 is 0 Å². The van der Waals surface area contributed by atoms with Gasteiger partial charge in [-0.3, -0.25) is 0 Å². The zero-order chi connectivity index (χ0) is 9.80. The fourth-order valence-corrected chi connectivity index (χ4v) is 3.41. The van der Waals surface area contributed by atoms with Crippen molar-refractivity contribution in [3.63, 3.8) is 0 Å². The molecule has 0 saturated carbocycles. The molecule has 2 rings (SSSR count). The molecule has 1 aliphatic rings. The molecule has 0 aliphatic carbocycles. The maximum Gasteiger partial charge on any atom is 0.00721 e. The van der Waals surface area contributed by atoms with Crippen molar-refractivity contribution in [2.45, 2.75) is 5.75 Å². The largest absolute Gasteiger partial charge is 0.202 e. The molecule has 14 heavy (non-hydrogen) atoms. The Morgan fingerprint density at radius 2 is 2.00 bits per heavy atom. The predicted molar refractivity (Wildman–Crippen MR) is 66.6 cm³/mol. The van der Waals surface area contributed by atoms with Gasteiger partial charge in [-0.15, -0.1) is 0 Å². The minimum Gasteiger partial charge on any atom is -0.202 e. The number of hydrogen-bond acceptors (Lipinski definition) is 0. The molecule has 0 nitrogen and oxygen atoms in total. The van der Waals surface area contributed by atoms with Gasteiger partial charge in [0.2, 0.25) is 0 Å². The van der Waals surface area contributed by atoms with E-state index in [1.807, 2.05) is 6.08 Å². The van der Waals surface area contributed by atoms with Crippen LogP contribution in [0, 0.1) is 0 Å². The standard InChI is InChI=1S/C13H14S/c1-2-13-9-6-10-14(13)11-12-7-4-3-5-8-12/h2-10,14H,1,11H2. The highest BCUT2D eigenvalue weighted by Gasteiger charge is 2.07. The van der Waals surface area contributed by atoms with Gasteiger partial charge in [0.05, 0.1) is 0 Å². The lowest BCUT2D eigenvalue weighted by Gasteiger charge is -2.15. The van der Waals surface area contributed by atoms with E-state index < -0.39 is 0 Å². The van der Waals surface area contributed by atoms with Crippen LogP contribution in [-0.2, 0) is 5.75 Å². The number of benzene rings is 1. The molecule has 0 fully saturated rings. The van der Waals surface area contributed by atoms with Crippen LogP contribution in [0.2, 0.25) is 0 Å². The van der Waals surface area contributed by atoms with Gasteiger partial charge in [-0.1, -0.05) is 49.1 Å². The number of hydrogen-bond donors (Lipinski definition) is 1. The molecule has 1 unspecified atom stereocenters. The van der Waals surface area contributed by atoms with Crippen molar-refractivity contribution in [3.8, 4) is 0 Å². The lowest BCUT2D eigenvalue weighted by molar-refractivity contribution is 1.41. The molecular formula is C13H14S. The van der Waals surface area contributed by atoms with Gasteiger partial charge in [0.1, 0.15) is 0 Å². The van der Waals surface area contributed by atoms with Crippen LogP contribution < -0.4 is 0 Å². The SMILES string of the molecule is C=CC1=CC=C[SH]1Cc1ccccc1. The summed E-state index contributed by atoms with van der Waals surface area (Å²) < 4.78 is 0. The highest BCUT2D eigenvalue weighted by atomic mass is 32.2. The molecule has 1 atom stereocenters. The number of rotatable bonds is 3. The molecule has 1 heteroatoms. The van der Waals surface area contributed by atoms with Crippen molar-refractivity contribution in [2.24, 2.45) is 0 Å². The third kappa shape index (κ3) is 1.99. The van der Waals surface area contributed by atoms with Gasteiger partial charge in [0.15, 0.2) is 0 Å². The molecule has 0 amide bonds. The molecule has 0 spiro atoms. The first kappa shape index (κ1) is 9.35. The van der Waals surface area contributed by atoms with Crippen molar-refractivity contribution < 1.29 is 0 Å². The Labute approximate surface area is 88.0 Å². The van der Waals surface area contributed by atoms with Crippen LogP contribution in [0.4, 0.5) is 0 Å². The summed E-state index contributed by atoms with van der Waals surface area (Å²) in [6.07, 6.45) is 6.29. The van der Waals surface area contributed by atoms with Crippen LogP contribution in [0.3, 0.4) is 0 Å². The summed E-state index contributed by atoms with van der Waals surface area (Å²) in [5, 5.41) is 2.30. The van der Waals surface area contributed by atoms with Gasteiger partial charge in [-0.25, -0.2) is 10.9 Å². The zero-order valence-corrected chi connectivity index (χ0v) is 8.95. The molecule has 0 radical (unpaired) electrons. The molecule has 72 valence electrons. The van der Waals surface area contributed by atoms with E-state index in [2.05, 4.69) is 54.5 Å². The maximum absolute atomic E-state index is 3.84. The Hall–Kier alpha value is -1.21. The predicted octanol–water partition coefficient (Wildman–Crippen LogP) is 3.79. The number of thiol groups is 1. The van der Waals surface area contributed by atoms with E-state index in [4.69, 9.17) is 0 Å². The molecule has 1 heterocycles. The third-order valence-corrected chi connectivity index (χ3v) is 4.50. The van der Waals surface area contributed by atoms with Crippen LogP contribution in [-0.4, -0.2) is 0 Å². The van der Waals surface area contributed by atoms with Gasteiger partial charge < -0.3 is 0 Å². The lowest BCUT2D eigenvalue weighted by Crippen LogP contribution is -1.84. The summed E-state index contributed by atoms with van der Waals surface area (Å²) in [4.78, 5) is 1.39. The van der Waals surface area contributed by atoms with Crippen molar-refractivity contribution in [1.29, 1.82) is 0 Å². The summed E-state index contributed by atoms with van der Waals surface area (Å²) >= 11 is 0. The van der Waals surface area contributed by atoms with E-state index in [1.165, 1.54) is 10.5 Å². The van der Waals surface area contributed by atoms with Gasteiger partial charge in [0.25, 0.3) is 0 Å². The second kappa shape index (κ2) is 4.34. The molecule has 1 aromatic carbocycles. The summed E-state index contributed by atoms with van der Waals surface area (Å²) in [6, 6.07) is 10.6. The molecule has 0 aromatic heterocycles. The van der Waals surface area contributed by atoms with E-state index in [-0.39, 0.29) is 10.9 Å². The monoisotopic (exact) mass is 202 g/mol. The first-order valence-electron chi connectivity index (χ1n) is 4.71. The van der Waals surface area contributed by atoms with Crippen LogP contribution >= 0.6 is 10.9 Å². The van der Waals surface area contributed by atoms with E-state index in [0.29, 0.717) is 0 Å². The average Bonchev–Trinajstić information content (AvgIpc) is 2.67. The fourth-order valence-electron chi connectivity index (χ4n) is 1.54. The Balaban J connectivity index is 2.09. The Morgan fingerprint density at radius 1 is 1.21 bits per heavy atom. The van der Waals surface area contributed by atoms with Gasteiger partial charge in [-0.05, 0) is 22.0 Å². The molecular weight excluding hydrogens is 188 g/mol. The highest BCUT2D eigenvalue weighted by molar-refractivity contribution is 8.22. The van der Waals surface area contributed by atoms with Crippen LogP contribution in [0.25, 0.3) is 0 Å². The molecule has 0 N–H and O–H groups in total. The number of allylic oxidation sites excluding steroid dienone is 3. The Morgan fingerprint density at radius 3 is 2.71 bits per heavy atom. The summed E-state index contributed by atoms with van der Waals surface area (Å²) in [6.45, 7) is 3.84. The molecule has 1 aromatic rings. The second-order valence-electron chi connectivity index (χ2n) is 3.25. The molecule has 0 bridgehead atoms. The van der Waals surface area contributed by atoms with E-state index in [9.17, 15) is 0 Å². The first-order chi connectivity index (χ1) is 6.90. The van der Waals surface area contributed by atoms with Crippen LogP contribution in [0.15, 0.2) is 65.5 Å². The Bertz CT molecular complexity index is 373. The Kier molecular flexibility index (Phi) is 2.90. The zero-order valence-electron chi connectivity index (χ0n) is 8.06. The topological polar surface area (TPSA) is 0 Å². The average molecular weight is 202 g/mol. The quantitative estimate of drug-likeness (QED) is 0.708. The van der Waals surface area contributed by atoms with Crippen molar-refractivity contribution in [2.75, 3.05) is 0 Å². The molecule has 1 aliphatic heterocycles. The normalized spacial score (nSPS) is 22.0. The minimum atomic E-state index is -0.122. The first-order valence-corrected chi connectivity index (χ1v) is 6.31. The van der Waals surface area contributed by atoms with Gasteiger partial charge in [0, 0.05) is 5.75 Å². The summed E-state index contributed by atoms with van der Waals surface area (Å²) in [5.74, 6) is 1.14. The van der Waals surface area contributed by atoms with Gasteiger partial charge in [-0.2, -0.15) is 0 Å². The summed E-state index contributed by atoms with van der Waals surface area (Å²) in [5.41, 5.74) is 1.41. The van der Waals surface area contributed by atoms with Crippen LogP contribution in [0.1, 0.15) is 5.56 Å². The van der Waals surface area contributed by atoms with Crippen molar-refractivity contribution in [3.05, 3.63) is 71.0 Å². The smallest absolute Gasteiger partial charge is 0.00721 e. The van der Waals surface area contributed by atoms with E-state index in [1.54, 1.807) is 0 Å². The van der Waals surface area contributed by atoms with Crippen molar-refractivity contribution >= 4 is 10.9 Å². The fraction of sp³-hybridized carbons (Fsp3) is 0.0769. The van der Waals surface area contributed by atoms with E-state index >= 15 is 0 Å². The second-order valence-corrected chi connectivity index (χ2v) is 5.32. The summed E-state index contributed by atoms with van der Waals surface area (Å²) in [7, 11) is -0.122. The minimum absolute atomic E-state index is 0.122. The molecule has 0 saturated heterocycles. The lowest BCUT2D eigenvalue weighted by atomic mass is 10.2.